The van der Waals surface area contributed by atoms with Crippen LogP contribution in [0.4, 0.5) is 0 Å². The van der Waals surface area contributed by atoms with Gasteiger partial charge in [-0.15, -0.1) is 11.8 Å². The molecule has 0 spiro atoms. The average Bonchev–Trinajstić information content (AvgIpc) is 2.30. The maximum atomic E-state index is 5.18. The maximum Gasteiger partial charge on any atom is 0.221 e. The Bertz CT molecular complexity index is 316. The smallest absolute Gasteiger partial charge is 0.221 e. The molecule has 0 aliphatic carbocycles. The Kier molecular flexibility index (Phi) is 4.87. The molecule has 84 valence electrons. The van der Waals surface area contributed by atoms with Crippen molar-refractivity contribution in [1.82, 2.24) is 4.98 Å². The fourth-order valence-corrected chi connectivity index (χ4v) is 1.65. The number of pyridine rings is 1. The van der Waals surface area contributed by atoms with Gasteiger partial charge in [0.1, 0.15) is 0 Å². The number of ether oxygens (including phenoxy) is 3. The van der Waals surface area contributed by atoms with Crippen molar-refractivity contribution in [3.8, 4) is 5.88 Å². The highest BCUT2D eigenvalue weighted by molar-refractivity contribution is 7.98. The molecule has 0 amide bonds. The highest BCUT2D eigenvalue weighted by Crippen LogP contribution is 2.29. The van der Waals surface area contributed by atoms with Crippen molar-refractivity contribution in [2.24, 2.45) is 0 Å². The predicted molar refractivity (Wildman–Crippen MR) is 59.3 cm³/mol. The maximum absolute atomic E-state index is 5.18. The molecule has 0 bridgehead atoms. The predicted octanol–water partition coefficient (Wildman–Crippen LogP) is 2.10. The Balaban J connectivity index is 3.09. The van der Waals surface area contributed by atoms with E-state index in [1.54, 1.807) is 39.3 Å². The van der Waals surface area contributed by atoms with Gasteiger partial charge in [-0.25, -0.2) is 4.98 Å². The van der Waals surface area contributed by atoms with E-state index < -0.39 is 6.29 Å². The van der Waals surface area contributed by atoms with E-state index in [0.717, 1.165) is 10.5 Å². The monoisotopic (exact) mass is 229 g/mol. The third kappa shape index (κ3) is 2.84. The molecule has 1 aromatic heterocycles. The largest absolute Gasteiger partial charge is 0.481 e. The van der Waals surface area contributed by atoms with Crippen molar-refractivity contribution in [1.29, 1.82) is 0 Å². The van der Waals surface area contributed by atoms with Crippen LogP contribution >= 0.6 is 11.8 Å². The molecule has 1 rings (SSSR count). The first-order valence-corrected chi connectivity index (χ1v) is 5.62. The molecule has 1 aromatic rings. The molecule has 1 heterocycles. The van der Waals surface area contributed by atoms with Crippen LogP contribution in [0.2, 0.25) is 0 Å². The second-order valence-electron chi connectivity index (χ2n) is 2.78. The van der Waals surface area contributed by atoms with E-state index in [1.165, 1.54) is 0 Å². The number of rotatable bonds is 5. The first kappa shape index (κ1) is 12.3. The lowest BCUT2D eigenvalue weighted by Crippen LogP contribution is -2.07. The molecule has 0 radical (unpaired) electrons. The summed E-state index contributed by atoms with van der Waals surface area (Å²) in [4.78, 5) is 5.23. The van der Waals surface area contributed by atoms with Gasteiger partial charge in [-0.2, -0.15) is 0 Å². The quantitative estimate of drug-likeness (QED) is 0.571. The van der Waals surface area contributed by atoms with Crippen LogP contribution in [-0.2, 0) is 9.47 Å². The lowest BCUT2D eigenvalue weighted by Gasteiger charge is -2.16. The van der Waals surface area contributed by atoms with E-state index in [-0.39, 0.29) is 0 Å². The molecule has 0 aliphatic rings. The van der Waals surface area contributed by atoms with Gasteiger partial charge in [-0.3, -0.25) is 0 Å². The van der Waals surface area contributed by atoms with Gasteiger partial charge >= 0.3 is 0 Å². The van der Waals surface area contributed by atoms with E-state index in [9.17, 15) is 0 Å². The molecule has 0 saturated carbocycles. The molecule has 0 aromatic carbocycles. The minimum Gasteiger partial charge on any atom is -0.481 e. The summed E-state index contributed by atoms with van der Waals surface area (Å²) in [6.07, 6.45) is 3.30. The van der Waals surface area contributed by atoms with Crippen LogP contribution in [0.25, 0.3) is 0 Å². The third-order valence-electron chi connectivity index (χ3n) is 1.96. The van der Waals surface area contributed by atoms with Gasteiger partial charge < -0.3 is 14.2 Å². The first-order chi connectivity index (χ1) is 7.26. The number of hydrogen-bond donors (Lipinski definition) is 0. The van der Waals surface area contributed by atoms with Crippen molar-refractivity contribution >= 4 is 11.8 Å². The first-order valence-electron chi connectivity index (χ1n) is 4.40. The third-order valence-corrected chi connectivity index (χ3v) is 2.66. The Morgan fingerprint density at radius 2 is 1.93 bits per heavy atom. The Hall–Kier alpha value is -0.780. The summed E-state index contributed by atoms with van der Waals surface area (Å²) >= 11 is 1.61. The highest BCUT2D eigenvalue weighted by Gasteiger charge is 2.16. The summed E-state index contributed by atoms with van der Waals surface area (Å²) in [5.74, 6) is 0.529. The van der Waals surface area contributed by atoms with Gasteiger partial charge in [-0.1, -0.05) is 0 Å². The Labute approximate surface area is 93.9 Å². The fourth-order valence-electron chi connectivity index (χ4n) is 1.25. The molecule has 4 nitrogen and oxygen atoms in total. The number of hydrogen-bond acceptors (Lipinski definition) is 5. The fraction of sp³-hybridized carbons (Fsp3) is 0.500. The zero-order valence-electron chi connectivity index (χ0n) is 9.31. The molecule has 0 saturated heterocycles. The molecular weight excluding hydrogens is 214 g/mol. The van der Waals surface area contributed by atoms with Gasteiger partial charge in [0.25, 0.3) is 0 Å². The summed E-state index contributed by atoms with van der Waals surface area (Å²) in [5, 5.41) is 0. The van der Waals surface area contributed by atoms with Gasteiger partial charge in [0, 0.05) is 25.3 Å². The van der Waals surface area contributed by atoms with Crippen molar-refractivity contribution in [3.05, 3.63) is 17.8 Å². The van der Waals surface area contributed by atoms with Gasteiger partial charge in [0.05, 0.1) is 12.7 Å². The van der Waals surface area contributed by atoms with Crippen molar-refractivity contribution in [2.75, 3.05) is 27.6 Å². The number of aromatic nitrogens is 1. The van der Waals surface area contributed by atoms with Crippen LogP contribution in [0.1, 0.15) is 11.9 Å². The van der Waals surface area contributed by atoms with Crippen LogP contribution in [0.3, 0.4) is 0 Å². The van der Waals surface area contributed by atoms with Crippen LogP contribution < -0.4 is 4.74 Å². The van der Waals surface area contributed by atoms with E-state index in [2.05, 4.69) is 4.98 Å². The summed E-state index contributed by atoms with van der Waals surface area (Å²) < 4.78 is 15.5. The van der Waals surface area contributed by atoms with E-state index in [0.29, 0.717) is 5.88 Å². The van der Waals surface area contributed by atoms with Crippen LogP contribution in [0.15, 0.2) is 17.2 Å². The lowest BCUT2D eigenvalue weighted by molar-refractivity contribution is -0.107. The minimum absolute atomic E-state index is 0.445. The second kappa shape index (κ2) is 5.95. The Morgan fingerprint density at radius 3 is 2.40 bits per heavy atom. The van der Waals surface area contributed by atoms with Crippen LogP contribution in [0.5, 0.6) is 5.88 Å². The summed E-state index contributed by atoms with van der Waals surface area (Å²) in [6.45, 7) is 0. The number of nitrogens with zero attached hydrogens (tertiary/aromatic N) is 1. The normalized spacial score (nSPS) is 10.7. The summed E-state index contributed by atoms with van der Waals surface area (Å²) in [7, 11) is 4.74. The molecule has 0 unspecified atom stereocenters. The molecule has 0 aliphatic heterocycles. The summed E-state index contributed by atoms with van der Waals surface area (Å²) in [5.41, 5.74) is 0.800. The van der Waals surface area contributed by atoms with E-state index in [4.69, 9.17) is 14.2 Å². The highest BCUT2D eigenvalue weighted by atomic mass is 32.2. The van der Waals surface area contributed by atoms with E-state index in [1.807, 2.05) is 12.3 Å². The van der Waals surface area contributed by atoms with Crippen LogP contribution in [0, 0.1) is 0 Å². The molecule has 0 N–H and O–H groups in total. The number of thioether (sulfide) groups is 1. The zero-order valence-corrected chi connectivity index (χ0v) is 10.1. The van der Waals surface area contributed by atoms with Gasteiger partial charge in [0.15, 0.2) is 6.29 Å². The van der Waals surface area contributed by atoms with Crippen molar-refractivity contribution in [3.63, 3.8) is 0 Å². The molecular formula is C10H15NO3S. The topological polar surface area (TPSA) is 40.6 Å². The van der Waals surface area contributed by atoms with Gasteiger partial charge in [0.2, 0.25) is 5.88 Å². The molecule has 0 atom stereocenters. The summed E-state index contributed by atoms with van der Waals surface area (Å²) in [6, 6.07) is 1.95. The minimum atomic E-state index is -0.445. The molecule has 15 heavy (non-hydrogen) atoms. The van der Waals surface area contributed by atoms with Crippen LogP contribution in [-0.4, -0.2) is 32.6 Å². The van der Waals surface area contributed by atoms with Crippen molar-refractivity contribution < 1.29 is 14.2 Å². The second-order valence-corrected chi connectivity index (χ2v) is 3.66. The molecule has 0 fully saturated rings. The van der Waals surface area contributed by atoms with E-state index >= 15 is 0 Å². The zero-order chi connectivity index (χ0) is 11.3. The Morgan fingerprint density at radius 1 is 1.27 bits per heavy atom. The molecule has 5 heteroatoms. The SMILES string of the molecule is COc1ncc(SC)cc1C(OC)OC. The lowest BCUT2D eigenvalue weighted by atomic mass is 10.2. The standard InChI is InChI=1S/C10H15NO3S/c1-12-9-8(10(13-2)14-3)5-7(15-4)6-11-9/h5-6,10H,1-4H3. The van der Waals surface area contributed by atoms with Gasteiger partial charge in [-0.05, 0) is 12.3 Å². The number of methoxy groups -OCH3 is 3. The van der Waals surface area contributed by atoms with Crippen molar-refractivity contribution in [2.45, 2.75) is 11.2 Å². The average molecular weight is 229 g/mol.